The molecule has 2 heterocycles. The summed E-state index contributed by atoms with van der Waals surface area (Å²) in [6, 6.07) is 9.06. The number of pyridine rings is 1. The number of nitrogens with two attached hydrogens (primary N) is 1. The number of H-pyrrole nitrogens is 1. The number of carboxylic acid groups (broad SMARTS) is 1. The van der Waals surface area contributed by atoms with E-state index in [0.29, 0.717) is 6.42 Å². The van der Waals surface area contributed by atoms with Gasteiger partial charge in [0.15, 0.2) is 0 Å². The van der Waals surface area contributed by atoms with Crippen LogP contribution in [0.1, 0.15) is 5.56 Å². The molecule has 0 amide bonds. The van der Waals surface area contributed by atoms with E-state index in [-0.39, 0.29) is 0 Å². The number of carbonyl (C=O) groups is 1. The molecule has 5 nitrogen and oxygen atoms in total. The molecular formula is C16H15N3O2. The molecule has 0 radical (unpaired) electrons. The normalized spacial score (nSPS) is 12.4. The van der Waals surface area contributed by atoms with Gasteiger partial charge in [0.25, 0.3) is 0 Å². The van der Waals surface area contributed by atoms with Gasteiger partial charge in [0.2, 0.25) is 0 Å². The van der Waals surface area contributed by atoms with Crippen LogP contribution < -0.4 is 5.73 Å². The monoisotopic (exact) mass is 281 g/mol. The van der Waals surface area contributed by atoms with Crippen molar-refractivity contribution in [3.8, 4) is 11.1 Å². The molecular weight excluding hydrogens is 266 g/mol. The fourth-order valence-corrected chi connectivity index (χ4v) is 2.40. The summed E-state index contributed by atoms with van der Waals surface area (Å²) < 4.78 is 0. The Kier molecular flexibility index (Phi) is 3.41. The number of hydrogen-bond acceptors (Lipinski definition) is 3. The van der Waals surface area contributed by atoms with E-state index in [1.54, 1.807) is 12.4 Å². The van der Waals surface area contributed by atoms with Crippen molar-refractivity contribution in [3.05, 3.63) is 54.5 Å². The van der Waals surface area contributed by atoms with Gasteiger partial charge in [-0.1, -0.05) is 12.1 Å². The quantitative estimate of drug-likeness (QED) is 0.683. The Balaban J connectivity index is 1.96. The first-order valence-corrected chi connectivity index (χ1v) is 6.64. The average molecular weight is 281 g/mol. The maximum Gasteiger partial charge on any atom is 0.320 e. The first-order chi connectivity index (χ1) is 10.1. The standard InChI is InChI=1S/C16H15N3O2/c17-14(16(20)21)7-12-9-19-15-8-11(1-2-13(12)15)10-3-5-18-6-4-10/h1-6,8-9,14,19H,7,17H2,(H,20,21). The summed E-state index contributed by atoms with van der Waals surface area (Å²) in [6.45, 7) is 0. The first-order valence-electron chi connectivity index (χ1n) is 6.64. The molecule has 0 aliphatic heterocycles. The van der Waals surface area contributed by atoms with Crippen molar-refractivity contribution in [2.45, 2.75) is 12.5 Å². The van der Waals surface area contributed by atoms with Crippen LogP contribution in [0.15, 0.2) is 48.9 Å². The minimum Gasteiger partial charge on any atom is -0.480 e. The van der Waals surface area contributed by atoms with E-state index in [0.717, 1.165) is 27.6 Å². The Morgan fingerprint density at radius 1 is 1.24 bits per heavy atom. The van der Waals surface area contributed by atoms with Crippen molar-refractivity contribution in [3.63, 3.8) is 0 Å². The summed E-state index contributed by atoms with van der Waals surface area (Å²) in [7, 11) is 0. The molecule has 0 saturated carbocycles. The average Bonchev–Trinajstić information content (AvgIpc) is 2.90. The second kappa shape index (κ2) is 5.38. The largest absolute Gasteiger partial charge is 0.480 e. The van der Waals surface area contributed by atoms with Gasteiger partial charge in [-0.25, -0.2) is 0 Å². The lowest BCUT2D eigenvalue weighted by Crippen LogP contribution is -2.32. The van der Waals surface area contributed by atoms with Crippen LogP contribution >= 0.6 is 0 Å². The predicted octanol–water partition coefficient (Wildman–Crippen LogP) is 2.18. The van der Waals surface area contributed by atoms with Crippen LogP contribution in [0.4, 0.5) is 0 Å². The minimum absolute atomic E-state index is 0.309. The maximum absolute atomic E-state index is 10.9. The van der Waals surface area contributed by atoms with Gasteiger partial charge < -0.3 is 15.8 Å². The SMILES string of the molecule is NC(Cc1c[nH]c2cc(-c3ccncc3)ccc12)C(=O)O. The molecule has 0 bridgehead atoms. The maximum atomic E-state index is 10.9. The van der Waals surface area contributed by atoms with Gasteiger partial charge in [-0.2, -0.15) is 0 Å². The summed E-state index contributed by atoms with van der Waals surface area (Å²) in [5.74, 6) is -0.988. The molecule has 3 rings (SSSR count). The Hall–Kier alpha value is -2.66. The summed E-state index contributed by atoms with van der Waals surface area (Å²) in [5.41, 5.74) is 9.66. The Morgan fingerprint density at radius 3 is 2.71 bits per heavy atom. The fourth-order valence-electron chi connectivity index (χ4n) is 2.40. The first kappa shape index (κ1) is 13.3. The van der Waals surface area contributed by atoms with Gasteiger partial charge >= 0.3 is 5.97 Å². The highest BCUT2D eigenvalue weighted by molar-refractivity contribution is 5.88. The van der Waals surface area contributed by atoms with Crippen molar-refractivity contribution in [2.24, 2.45) is 5.73 Å². The topological polar surface area (TPSA) is 92.0 Å². The number of nitrogens with one attached hydrogen (secondary N) is 1. The molecule has 3 aromatic rings. The smallest absolute Gasteiger partial charge is 0.320 e. The number of benzene rings is 1. The van der Waals surface area contributed by atoms with Crippen molar-refractivity contribution < 1.29 is 9.90 Å². The van der Waals surface area contributed by atoms with Gasteiger partial charge in [-0.05, 0) is 34.9 Å². The molecule has 21 heavy (non-hydrogen) atoms. The Bertz CT molecular complexity index is 781. The van der Waals surface area contributed by atoms with Crippen LogP contribution in [0, 0.1) is 0 Å². The van der Waals surface area contributed by atoms with E-state index in [1.165, 1.54) is 0 Å². The molecule has 2 aromatic heterocycles. The van der Waals surface area contributed by atoms with Crippen molar-refractivity contribution in [1.82, 2.24) is 9.97 Å². The molecule has 0 spiro atoms. The van der Waals surface area contributed by atoms with E-state index < -0.39 is 12.0 Å². The number of aliphatic carboxylic acids is 1. The van der Waals surface area contributed by atoms with E-state index in [1.807, 2.05) is 36.5 Å². The van der Waals surface area contributed by atoms with Gasteiger partial charge in [0, 0.05) is 35.9 Å². The third-order valence-corrected chi connectivity index (χ3v) is 3.54. The predicted molar refractivity (Wildman–Crippen MR) is 80.8 cm³/mol. The number of aromatic amines is 1. The van der Waals surface area contributed by atoms with Crippen molar-refractivity contribution >= 4 is 16.9 Å². The zero-order valence-electron chi connectivity index (χ0n) is 11.3. The number of fused-ring (bicyclic) bond motifs is 1. The summed E-state index contributed by atoms with van der Waals surface area (Å²) >= 11 is 0. The van der Waals surface area contributed by atoms with Gasteiger partial charge in [0.05, 0.1) is 0 Å². The molecule has 0 fully saturated rings. The fraction of sp³-hybridized carbons (Fsp3) is 0.125. The van der Waals surface area contributed by atoms with E-state index in [4.69, 9.17) is 10.8 Å². The van der Waals surface area contributed by atoms with Crippen LogP contribution in [0.3, 0.4) is 0 Å². The molecule has 0 aliphatic carbocycles. The zero-order chi connectivity index (χ0) is 14.8. The van der Waals surface area contributed by atoms with Crippen LogP contribution in [-0.2, 0) is 11.2 Å². The number of hydrogen-bond donors (Lipinski definition) is 3. The molecule has 5 heteroatoms. The highest BCUT2D eigenvalue weighted by Gasteiger charge is 2.15. The summed E-state index contributed by atoms with van der Waals surface area (Å²) in [4.78, 5) is 18.0. The highest BCUT2D eigenvalue weighted by Crippen LogP contribution is 2.26. The molecule has 4 N–H and O–H groups in total. The highest BCUT2D eigenvalue weighted by atomic mass is 16.4. The number of aromatic nitrogens is 2. The zero-order valence-corrected chi connectivity index (χ0v) is 11.3. The number of rotatable bonds is 4. The van der Waals surface area contributed by atoms with Crippen LogP contribution in [0.25, 0.3) is 22.0 Å². The lowest BCUT2D eigenvalue weighted by atomic mass is 10.0. The summed E-state index contributed by atoms with van der Waals surface area (Å²) in [5, 5.41) is 9.91. The molecule has 1 unspecified atom stereocenters. The molecule has 1 aromatic carbocycles. The minimum atomic E-state index is -0.988. The van der Waals surface area contributed by atoms with Gasteiger partial charge in [-0.15, -0.1) is 0 Å². The van der Waals surface area contributed by atoms with Gasteiger partial charge in [-0.3, -0.25) is 9.78 Å². The second-order valence-electron chi connectivity index (χ2n) is 4.96. The molecule has 106 valence electrons. The lowest BCUT2D eigenvalue weighted by molar-refractivity contribution is -0.138. The molecule has 0 saturated heterocycles. The van der Waals surface area contributed by atoms with Gasteiger partial charge in [0.1, 0.15) is 6.04 Å². The Morgan fingerprint density at radius 2 is 2.00 bits per heavy atom. The third-order valence-electron chi connectivity index (χ3n) is 3.54. The van der Waals surface area contributed by atoms with Crippen LogP contribution in [-0.4, -0.2) is 27.1 Å². The van der Waals surface area contributed by atoms with Crippen LogP contribution in [0.5, 0.6) is 0 Å². The molecule has 1 atom stereocenters. The molecule has 0 aliphatic rings. The van der Waals surface area contributed by atoms with Crippen LogP contribution in [0.2, 0.25) is 0 Å². The van der Waals surface area contributed by atoms with Crippen molar-refractivity contribution in [2.75, 3.05) is 0 Å². The third kappa shape index (κ3) is 2.64. The number of carboxylic acids is 1. The van der Waals surface area contributed by atoms with E-state index in [2.05, 4.69) is 9.97 Å². The second-order valence-corrected chi connectivity index (χ2v) is 4.96. The van der Waals surface area contributed by atoms with Crippen molar-refractivity contribution in [1.29, 1.82) is 0 Å². The van der Waals surface area contributed by atoms with E-state index in [9.17, 15) is 4.79 Å². The summed E-state index contributed by atoms with van der Waals surface area (Å²) in [6.07, 6.45) is 5.64. The number of nitrogens with zero attached hydrogens (tertiary/aromatic N) is 1. The lowest BCUT2D eigenvalue weighted by Gasteiger charge is -2.05. The Labute approximate surface area is 121 Å². The van der Waals surface area contributed by atoms with E-state index >= 15 is 0 Å².